The number of hydrogen-bond donors (Lipinski definition) is 2. The average molecular weight is 360 g/mol. The van der Waals surface area contributed by atoms with Crippen molar-refractivity contribution in [3.05, 3.63) is 65.5 Å². The van der Waals surface area contributed by atoms with Crippen LogP contribution in [0.4, 0.5) is 14.9 Å². The van der Waals surface area contributed by atoms with Crippen molar-refractivity contribution in [2.45, 2.75) is 25.5 Å². The SMILES string of the molecule is COC(=O)[C@H](NC(=O)OCc1ccccc1)[C@@H](C)c1ccc(N)c(F)c1. The summed E-state index contributed by atoms with van der Waals surface area (Å²) < 4.78 is 23.6. The molecule has 2 atom stereocenters. The highest BCUT2D eigenvalue weighted by Crippen LogP contribution is 2.23. The number of hydrogen-bond acceptors (Lipinski definition) is 5. The number of nitrogens with one attached hydrogen (secondary N) is 1. The number of esters is 1. The maximum Gasteiger partial charge on any atom is 0.408 e. The van der Waals surface area contributed by atoms with Gasteiger partial charge >= 0.3 is 12.1 Å². The third kappa shape index (κ3) is 4.95. The molecule has 0 saturated heterocycles. The molecule has 0 radical (unpaired) electrons. The molecule has 0 aliphatic carbocycles. The topological polar surface area (TPSA) is 90.6 Å². The lowest BCUT2D eigenvalue weighted by Crippen LogP contribution is -2.45. The summed E-state index contributed by atoms with van der Waals surface area (Å²) >= 11 is 0. The normalized spacial score (nSPS) is 12.7. The van der Waals surface area contributed by atoms with Gasteiger partial charge in [0.25, 0.3) is 0 Å². The first-order valence-electron chi connectivity index (χ1n) is 8.02. The van der Waals surface area contributed by atoms with E-state index in [0.717, 1.165) is 5.56 Å². The van der Waals surface area contributed by atoms with E-state index in [9.17, 15) is 14.0 Å². The molecule has 2 rings (SSSR count). The fourth-order valence-corrected chi connectivity index (χ4v) is 2.43. The maximum absolute atomic E-state index is 13.7. The Morgan fingerprint density at radius 1 is 1.19 bits per heavy atom. The summed E-state index contributed by atoms with van der Waals surface area (Å²) in [6.45, 7) is 1.73. The fourth-order valence-electron chi connectivity index (χ4n) is 2.43. The Morgan fingerprint density at radius 2 is 1.88 bits per heavy atom. The molecule has 0 bridgehead atoms. The van der Waals surface area contributed by atoms with Gasteiger partial charge in [0.2, 0.25) is 0 Å². The molecule has 0 aliphatic rings. The van der Waals surface area contributed by atoms with Gasteiger partial charge in [-0.1, -0.05) is 43.3 Å². The number of methoxy groups -OCH3 is 1. The van der Waals surface area contributed by atoms with E-state index in [0.29, 0.717) is 5.56 Å². The van der Waals surface area contributed by atoms with Crippen molar-refractivity contribution in [2.75, 3.05) is 12.8 Å². The molecule has 6 nitrogen and oxygen atoms in total. The summed E-state index contributed by atoms with van der Waals surface area (Å²) in [5.74, 6) is -1.81. The second-order valence-corrected chi connectivity index (χ2v) is 5.78. The monoisotopic (exact) mass is 360 g/mol. The molecule has 0 aromatic heterocycles. The van der Waals surface area contributed by atoms with Crippen LogP contribution < -0.4 is 11.1 Å². The standard InChI is InChI=1S/C19H21FN2O4/c1-12(14-8-9-16(21)15(20)10-14)17(18(23)25-2)22-19(24)26-11-13-6-4-3-5-7-13/h3-10,12,17H,11,21H2,1-2H3,(H,22,24)/t12-,17+/m0/s1. The Bertz CT molecular complexity index is 767. The number of nitrogen functional groups attached to an aromatic ring is 1. The molecule has 0 saturated carbocycles. The number of amides is 1. The van der Waals surface area contributed by atoms with Gasteiger partial charge in [0.15, 0.2) is 0 Å². The first-order chi connectivity index (χ1) is 12.4. The van der Waals surface area contributed by atoms with Crippen LogP contribution >= 0.6 is 0 Å². The predicted octanol–water partition coefficient (Wildman–Crippen LogP) is 2.98. The molecular weight excluding hydrogens is 339 g/mol. The zero-order valence-corrected chi connectivity index (χ0v) is 14.6. The van der Waals surface area contributed by atoms with Crippen molar-refractivity contribution in [1.82, 2.24) is 5.32 Å². The maximum atomic E-state index is 13.7. The minimum atomic E-state index is -1.04. The van der Waals surface area contributed by atoms with Crippen molar-refractivity contribution in [1.29, 1.82) is 0 Å². The van der Waals surface area contributed by atoms with Crippen LogP contribution in [-0.4, -0.2) is 25.2 Å². The van der Waals surface area contributed by atoms with E-state index < -0.39 is 29.8 Å². The number of carbonyl (C=O) groups excluding carboxylic acids is 2. The smallest absolute Gasteiger partial charge is 0.408 e. The lowest BCUT2D eigenvalue weighted by Gasteiger charge is -2.23. The first kappa shape index (κ1) is 19.2. The summed E-state index contributed by atoms with van der Waals surface area (Å²) in [4.78, 5) is 24.1. The highest BCUT2D eigenvalue weighted by Gasteiger charge is 2.30. The third-order valence-corrected chi connectivity index (χ3v) is 3.99. The molecule has 0 spiro atoms. The first-order valence-corrected chi connectivity index (χ1v) is 8.02. The van der Waals surface area contributed by atoms with Crippen LogP contribution in [0.2, 0.25) is 0 Å². The summed E-state index contributed by atoms with van der Waals surface area (Å²) in [6.07, 6.45) is -0.771. The lowest BCUT2D eigenvalue weighted by atomic mass is 9.93. The van der Waals surface area contributed by atoms with Crippen molar-refractivity contribution >= 4 is 17.7 Å². The number of alkyl carbamates (subject to hydrolysis) is 1. The second-order valence-electron chi connectivity index (χ2n) is 5.78. The minimum Gasteiger partial charge on any atom is -0.467 e. The van der Waals surface area contributed by atoms with E-state index in [2.05, 4.69) is 5.32 Å². The quantitative estimate of drug-likeness (QED) is 0.610. The van der Waals surface area contributed by atoms with Crippen LogP contribution in [0.1, 0.15) is 24.0 Å². The highest BCUT2D eigenvalue weighted by atomic mass is 19.1. The molecular formula is C19H21FN2O4. The average Bonchev–Trinajstić information content (AvgIpc) is 2.66. The number of rotatable bonds is 6. The number of anilines is 1. The van der Waals surface area contributed by atoms with Gasteiger partial charge in [-0.3, -0.25) is 0 Å². The Hall–Kier alpha value is -3.09. The van der Waals surface area contributed by atoms with Gasteiger partial charge in [-0.2, -0.15) is 0 Å². The Balaban J connectivity index is 2.07. The number of benzene rings is 2. The summed E-state index contributed by atoms with van der Waals surface area (Å²) in [5.41, 5.74) is 6.78. The number of halogens is 1. The van der Waals surface area contributed by atoms with Gasteiger partial charge in [0, 0.05) is 5.92 Å². The molecule has 138 valence electrons. The van der Waals surface area contributed by atoms with Crippen LogP contribution in [0.15, 0.2) is 48.5 Å². The number of carbonyl (C=O) groups is 2. The molecule has 0 fully saturated rings. The van der Waals surface area contributed by atoms with E-state index >= 15 is 0 Å². The molecule has 0 heterocycles. The van der Waals surface area contributed by atoms with E-state index in [1.54, 1.807) is 13.0 Å². The number of nitrogens with two attached hydrogens (primary N) is 1. The van der Waals surface area contributed by atoms with E-state index in [1.807, 2.05) is 30.3 Å². The Morgan fingerprint density at radius 3 is 2.50 bits per heavy atom. The molecule has 0 unspecified atom stereocenters. The second kappa shape index (κ2) is 8.84. The van der Waals surface area contributed by atoms with Crippen LogP contribution in [0, 0.1) is 5.82 Å². The Kier molecular flexibility index (Phi) is 6.54. The molecule has 2 aromatic rings. The van der Waals surface area contributed by atoms with Crippen molar-refractivity contribution in [2.24, 2.45) is 0 Å². The molecule has 1 amide bonds. The Labute approximate surface area is 151 Å². The summed E-state index contributed by atoms with van der Waals surface area (Å²) in [6, 6.07) is 12.3. The molecule has 7 heteroatoms. The van der Waals surface area contributed by atoms with Gasteiger partial charge in [-0.25, -0.2) is 14.0 Å². The van der Waals surface area contributed by atoms with Gasteiger partial charge in [0.05, 0.1) is 12.8 Å². The van der Waals surface area contributed by atoms with Crippen LogP contribution in [0.25, 0.3) is 0 Å². The number of ether oxygens (including phenoxy) is 2. The zero-order chi connectivity index (χ0) is 19.1. The van der Waals surface area contributed by atoms with E-state index in [-0.39, 0.29) is 12.3 Å². The van der Waals surface area contributed by atoms with E-state index in [4.69, 9.17) is 15.2 Å². The highest BCUT2D eigenvalue weighted by molar-refractivity contribution is 5.82. The zero-order valence-electron chi connectivity index (χ0n) is 14.6. The van der Waals surface area contributed by atoms with Crippen molar-refractivity contribution < 1.29 is 23.5 Å². The molecule has 3 N–H and O–H groups in total. The van der Waals surface area contributed by atoms with Crippen LogP contribution in [0.5, 0.6) is 0 Å². The summed E-state index contributed by atoms with van der Waals surface area (Å²) in [7, 11) is 1.21. The molecule has 2 aromatic carbocycles. The van der Waals surface area contributed by atoms with Crippen LogP contribution in [0.3, 0.4) is 0 Å². The van der Waals surface area contributed by atoms with Gasteiger partial charge in [0.1, 0.15) is 18.5 Å². The fraction of sp³-hybridized carbons (Fsp3) is 0.263. The minimum absolute atomic E-state index is 0.00537. The van der Waals surface area contributed by atoms with Crippen molar-refractivity contribution in [3.63, 3.8) is 0 Å². The predicted molar refractivity (Wildman–Crippen MR) is 94.8 cm³/mol. The van der Waals surface area contributed by atoms with Crippen LogP contribution in [-0.2, 0) is 20.9 Å². The van der Waals surface area contributed by atoms with Crippen molar-refractivity contribution in [3.8, 4) is 0 Å². The van der Waals surface area contributed by atoms with Gasteiger partial charge in [-0.15, -0.1) is 0 Å². The van der Waals surface area contributed by atoms with E-state index in [1.165, 1.54) is 19.2 Å². The summed E-state index contributed by atoms with van der Waals surface area (Å²) in [5, 5.41) is 2.48. The largest absolute Gasteiger partial charge is 0.467 e. The molecule has 26 heavy (non-hydrogen) atoms. The lowest BCUT2D eigenvalue weighted by molar-refractivity contribution is -0.143. The third-order valence-electron chi connectivity index (χ3n) is 3.99. The molecule has 0 aliphatic heterocycles. The van der Waals surface area contributed by atoms with Gasteiger partial charge < -0.3 is 20.5 Å². The van der Waals surface area contributed by atoms with Gasteiger partial charge in [-0.05, 0) is 23.3 Å².